The average Bonchev–Trinajstić information content (AvgIpc) is 3.16. The van der Waals surface area contributed by atoms with Crippen LogP contribution in [0.5, 0.6) is 0 Å². The van der Waals surface area contributed by atoms with Crippen molar-refractivity contribution in [3.8, 4) is 11.4 Å². The third kappa shape index (κ3) is 4.88. The monoisotopic (exact) mass is 483 g/mol. The van der Waals surface area contributed by atoms with Gasteiger partial charge in [0.25, 0.3) is 0 Å². The number of hydrogen-bond acceptors (Lipinski definition) is 4. The van der Waals surface area contributed by atoms with Gasteiger partial charge in [0.2, 0.25) is 0 Å². The van der Waals surface area contributed by atoms with Gasteiger partial charge < -0.3 is 9.88 Å². The molecule has 2 aromatic carbocycles. The molecule has 33 heavy (non-hydrogen) atoms. The van der Waals surface area contributed by atoms with Crippen LogP contribution in [0, 0.1) is 11.7 Å². The Hall–Kier alpha value is -2.54. The highest BCUT2D eigenvalue weighted by molar-refractivity contribution is 6.39. The number of halogens is 3. The van der Waals surface area contributed by atoms with Crippen molar-refractivity contribution in [3.05, 3.63) is 75.9 Å². The molecule has 1 fully saturated rings. The summed E-state index contributed by atoms with van der Waals surface area (Å²) < 4.78 is 15.3. The summed E-state index contributed by atoms with van der Waals surface area (Å²) in [6.07, 6.45) is 5.45. The average molecular weight is 484 g/mol. The van der Waals surface area contributed by atoms with E-state index in [1.54, 1.807) is 18.3 Å². The predicted octanol–water partition coefficient (Wildman–Crippen LogP) is 5.72. The number of aryl methyl sites for hydroxylation is 2. The van der Waals surface area contributed by atoms with Gasteiger partial charge >= 0.3 is 0 Å². The first-order valence-electron chi connectivity index (χ1n) is 11.2. The molecule has 1 N–H and O–H groups in total. The number of imidazole rings is 1. The van der Waals surface area contributed by atoms with Crippen LogP contribution >= 0.6 is 23.2 Å². The maximum atomic E-state index is 13.2. The van der Waals surface area contributed by atoms with E-state index in [9.17, 15) is 4.39 Å². The smallest absolute Gasteiger partial charge is 0.164 e. The Bertz CT molecular complexity index is 1250. The molecule has 3 heterocycles. The van der Waals surface area contributed by atoms with E-state index in [1.807, 2.05) is 18.2 Å². The van der Waals surface area contributed by atoms with Gasteiger partial charge in [0, 0.05) is 13.0 Å². The second kappa shape index (κ2) is 9.75. The molecule has 2 aromatic heterocycles. The van der Waals surface area contributed by atoms with E-state index in [4.69, 9.17) is 33.2 Å². The summed E-state index contributed by atoms with van der Waals surface area (Å²) in [6.45, 7) is 2.78. The molecule has 0 spiro atoms. The molecule has 1 saturated heterocycles. The third-order valence-electron chi connectivity index (χ3n) is 6.11. The third-order valence-corrected chi connectivity index (χ3v) is 6.74. The van der Waals surface area contributed by atoms with E-state index in [0.29, 0.717) is 22.4 Å². The number of fused-ring (bicyclic) bond motifs is 1. The first-order chi connectivity index (χ1) is 16.1. The maximum absolute atomic E-state index is 13.2. The molecule has 0 aliphatic carbocycles. The lowest BCUT2D eigenvalue weighted by Gasteiger charge is -2.24. The fraction of sp³-hybridized carbons (Fsp3) is 0.320. The van der Waals surface area contributed by atoms with Crippen LogP contribution in [0.1, 0.15) is 24.2 Å². The molecule has 4 aromatic rings. The van der Waals surface area contributed by atoms with Crippen LogP contribution in [-0.4, -0.2) is 32.6 Å². The second-order valence-electron chi connectivity index (χ2n) is 8.48. The number of nitrogens with zero attached hydrogens (tertiary/aromatic N) is 4. The summed E-state index contributed by atoms with van der Waals surface area (Å²) in [7, 11) is 0. The highest BCUT2D eigenvalue weighted by Gasteiger charge is 2.23. The summed E-state index contributed by atoms with van der Waals surface area (Å²) in [6, 6.07) is 12.0. The molecule has 1 atom stereocenters. The molecule has 0 bridgehead atoms. The molecular formula is C25H24Cl2FN5. The molecular weight excluding hydrogens is 460 g/mol. The zero-order valence-electron chi connectivity index (χ0n) is 18.1. The molecule has 0 saturated carbocycles. The van der Waals surface area contributed by atoms with Crippen molar-refractivity contribution < 1.29 is 4.39 Å². The van der Waals surface area contributed by atoms with Crippen LogP contribution in [0.15, 0.2) is 48.7 Å². The number of benzene rings is 2. The summed E-state index contributed by atoms with van der Waals surface area (Å²) in [5.41, 5.74) is 3.27. The van der Waals surface area contributed by atoms with Crippen molar-refractivity contribution in [3.63, 3.8) is 0 Å². The SMILES string of the molecule is Fc1ccc(CCc2ncc3nc(-c4c(Cl)cccc4Cl)n(C[C@@H]4CCCNC4)c3n2)cc1. The highest BCUT2D eigenvalue weighted by atomic mass is 35.5. The fourth-order valence-corrected chi connectivity index (χ4v) is 4.96. The number of aromatic nitrogens is 4. The number of piperidine rings is 1. The van der Waals surface area contributed by atoms with Gasteiger partial charge in [-0.05, 0) is 68.1 Å². The van der Waals surface area contributed by atoms with Crippen LogP contribution in [0.2, 0.25) is 10.0 Å². The Labute approximate surface area is 202 Å². The van der Waals surface area contributed by atoms with E-state index in [-0.39, 0.29) is 5.82 Å². The molecule has 5 nitrogen and oxygen atoms in total. The highest BCUT2D eigenvalue weighted by Crippen LogP contribution is 2.36. The van der Waals surface area contributed by atoms with Crippen molar-refractivity contribution in [2.75, 3.05) is 13.1 Å². The van der Waals surface area contributed by atoms with E-state index in [0.717, 1.165) is 72.8 Å². The van der Waals surface area contributed by atoms with E-state index >= 15 is 0 Å². The van der Waals surface area contributed by atoms with Crippen molar-refractivity contribution in [1.82, 2.24) is 24.8 Å². The lowest BCUT2D eigenvalue weighted by molar-refractivity contribution is 0.341. The van der Waals surface area contributed by atoms with Crippen LogP contribution in [-0.2, 0) is 19.4 Å². The van der Waals surface area contributed by atoms with Gasteiger partial charge in [-0.3, -0.25) is 0 Å². The van der Waals surface area contributed by atoms with Gasteiger partial charge in [-0.1, -0.05) is 41.4 Å². The van der Waals surface area contributed by atoms with E-state index in [1.165, 1.54) is 12.1 Å². The van der Waals surface area contributed by atoms with Crippen molar-refractivity contribution >= 4 is 34.4 Å². The minimum Gasteiger partial charge on any atom is -0.316 e. The quantitative estimate of drug-likeness (QED) is 0.380. The molecule has 1 aliphatic rings. The standard InChI is InChI=1S/C25H24Cl2FN5/c26-19-4-1-5-20(27)23(19)25-31-21-14-30-22(11-8-16-6-9-18(28)10-7-16)32-24(21)33(25)15-17-3-2-12-29-13-17/h1,4-7,9-10,14,17,29H,2-3,8,11-13,15H2/t17-/m1/s1. The van der Waals surface area contributed by atoms with Gasteiger partial charge in [-0.2, -0.15) is 0 Å². The molecule has 0 radical (unpaired) electrons. The Balaban J connectivity index is 1.53. The van der Waals surface area contributed by atoms with Crippen molar-refractivity contribution in [2.24, 2.45) is 5.92 Å². The zero-order chi connectivity index (χ0) is 22.8. The van der Waals surface area contributed by atoms with Crippen molar-refractivity contribution in [2.45, 2.75) is 32.2 Å². The normalized spacial score (nSPS) is 16.4. The predicted molar refractivity (Wildman–Crippen MR) is 130 cm³/mol. The molecule has 8 heteroatoms. The van der Waals surface area contributed by atoms with Crippen molar-refractivity contribution in [1.29, 1.82) is 0 Å². The summed E-state index contributed by atoms with van der Waals surface area (Å²) in [4.78, 5) is 14.3. The van der Waals surface area contributed by atoms with E-state index < -0.39 is 0 Å². The summed E-state index contributed by atoms with van der Waals surface area (Å²) >= 11 is 13.1. The summed E-state index contributed by atoms with van der Waals surface area (Å²) in [5.74, 6) is 1.68. The zero-order valence-corrected chi connectivity index (χ0v) is 19.6. The van der Waals surface area contributed by atoms with Gasteiger partial charge in [0.15, 0.2) is 5.65 Å². The van der Waals surface area contributed by atoms with E-state index in [2.05, 4.69) is 14.9 Å². The fourth-order valence-electron chi connectivity index (χ4n) is 4.39. The Morgan fingerprint density at radius 2 is 1.82 bits per heavy atom. The van der Waals surface area contributed by atoms with Gasteiger partial charge in [0.1, 0.15) is 23.0 Å². The van der Waals surface area contributed by atoms with Crippen LogP contribution in [0.4, 0.5) is 4.39 Å². The maximum Gasteiger partial charge on any atom is 0.164 e. The largest absolute Gasteiger partial charge is 0.316 e. The molecule has 170 valence electrons. The summed E-state index contributed by atoms with van der Waals surface area (Å²) in [5, 5.41) is 4.61. The van der Waals surface area contributed by atoms with Crippen LogP contribution in [0.25, 0.3) is 22.6 Å². The number of nitrogens with one attached hydrogen (secondary N) is 1. The Morgan fingerprint density at radius 3 is 2.55 bits per heavy atom. The van der Waals surface area contributed by atoms with Crippen LogP contribution < -0.4 is 5.32 Å². The molecule has 5 rings (SSSR count). The lowest BCUT2D eigenvalue weighted by Crippen LogP contribution is -2.32. The van der Waals surface area contributed by atoms with Gasteiger partial charge in [-0.25, -0.2) is 19.3 Å². The van der Waals surface area contributed by atoms with Gasteiger partial charge in [-0.15, -0.1) is 0 Å². The molecule has 0 amide bonds. The van der Waals surface area contributed by atoms with Gasteiger partial charge in [0.05, 0.1) is 21.8 Å². The first kappa shape index (κ1) is 22.3. The Kier molecular flexibility index (Phi) is 6.58. The Morgan fingerprint density at radius 1 is 1.03 bits per heavy atom. The first-order valence-corrected chi connectivity index (χ1v) is 12.0. The minimum atomic E-state index is -0.233. The molecule has 0 unspecified atom stereocenters. The lowest BCUT2D eigenvalue weighted by atomic mass is 9.99. The topological polar surface area (TPSA) is 55.6 Å². The number of rotatable bonds is 6. The number of hydrogen-bond donors (Lipinski definition) is 1. The second-order valence-corrected chi connectivity index (χ2v) is 9.29. The molecule has 1 aliphatic heterocycles. The minimum absolute atomic E-state index is 0.233. The van der Waals surface area contributed by atoms with Crippen LogP contribution in [0.3, 0.4) is 0 Å².